The van der Waals surface area contributed by atoms with Crippen molar-refractivity contribution in [3.8, 4) is 11.5 Å². The molecule has 1 heterocycles. The zero-order valence-electron chi connectivity index (χ0n) is 20.3. The summed E-state index contributed by atoms with van der Waals surface area (Å²) in [6.07, 6.45) is 8.96. The molecule has 0 spiro atoms. The van der Waals surface area contributed by atoms with Gasteiger partial charge in [-0.3, -0.25) is 9.69 Å². The fourth-order valence-electron chi connectivity index (χ4n) is 4.10. The molecule has 1 aliphatic heterocycles. The Balaban J connectivity index is 0.00000121. The Morgan fingerprint density at radius 3 is 2.38 bits per heavy atom. The van der Waals surface area contributed by atoms with Crippen LogP contribution in [0.4, 0.5) is 0 Å². The summed E-state index contributed by atoms with van der Waals surface area (Å²) in [7, 11) is 3.11. The number of halogens is 1. The molecule has 2 aliphatic rings. The third-order valence-electron chi connectivity index (χ3n) is 5.49. The van der Waals surface area contributed by atoms with E-state index in [0.29, 0.717) is 34.4 Å². The lowest BCUT2D eigenvalue weighted by atomic mass is 9.93. The van der Waals surface area contributed by atoms with Crippen LogP contribution in [-0.4, -0.2) is 44.5 Å². The molecule has 32 heavy (non-hydrogen) atoms. The highest BCUT2D eigenvalue weighted by atomic mass is 35.5. The van der Waals surface area contributed by atoms with Crippen LogP contribution in [0.1, 0.15) is 49.5 Å². The molecule has 0 bridgehead atoms. The maximum Gasteiger partial charge on any atom is 0.190 e. The van der Waals surface area contributed by atoms with Gasteiger partial charge >= 0.3 is 0 Å². The summed E-state index contributed by atoms with van der Waals surface area (Å²) < 4.78 is 10.7. The highest BCUT2D eigenvalue weighted by Gasteiger charge is 2.32. The van der Waals surface area contributed by atoms with Gasteiger partial charge in [0.1, 0.15) is 0 Å². The Hall–Kier alpha value is -2.30. The number of nitrogens with zero attached hydrogens (tertiary/aromatic N) is 1. The second-order valence-corrected chi connectivity index (χ2v) is 7.81. The summed E-state index contributed by atoms with van der Waals surface area (Å²) in [5, 5.41) is 0.350. The molecule has 5 heteroatoms. The maximum atomic E-state index is 13.0. The highest BCUT2D eigenvalue weighted by Crippen LogP contribution is 2.44. The number of fused-ring (bicyclic) bond motifs is 1. The van der Waals surface area contributed by atoms with Crippen LogP contribution in [0.3, 0.4) is 0 Å². The van der Waals surface area contributed by atoms with Crippen LogP contribution in [0.5, 0.6) is 11.5 Å². The SMILES string of the molecule is C=C.C=C(/C=C\C)CN1CCC(/C=C2\Cc3cc(OC)c(OC)c(Cl)c3C2=O)CC1.CC. The molecule has 0 aromatic heterocycles. The Labute approximate surface area is 199 Å². The maximum absolute atomic E-state index is 13.0. The molecule has 0 unspecified atom stereocenters. The lowest BCUT2D eigenvalue weighted by Crippen LogP contribution is -2.34. The number of carbonyl (C=O) groups excluding carboxylic acids is 1. The monoisotopic (exact) mass is 459 g/mol. The van der Waals surface area contributed by atoms with Crippen LogP contribution in [-0.2, 0) is 6.42 Å². The second kappa shape index (κ2) is 14.0. The quantitative estimate of drug-likeness (QED) is 0.269. The molecule has 0 radical (unpaired) electrons. The molecule has 0 amide bonds. The van der Waals surface area contributed by atoms with E-state index in [2.05, 4.69) is 36.8 Å². The fraction of sp³-hybridized carbons (Fsp3) is 0.444. The number of carbonyl (C=O) groups is 1. The van der Waals surface area contributed by atoms with Gasteiger partial charge in [-0.2, -0.15) is 0 Å². The zero-order valence-corrected chi connectivity index (χ0v) is 21.1. The van der Waals surface area contributed by atoms with Gasteiger partial charge in [-0.25, -0.2) is 0 Å². The number of ether oxygens (including phenoxy) is 2. The third-order valence-corrected chi connectivity index (χ3v) is 5.85. The van der Waals surface area contributed by atoms with Gasteiger partial charge in [0.25, 0.3) is 0 Å². The number of allylic oxidation sites excluding steroid dienone is 3. The molecule has 0 saturated carbocycles. The fourth-order valence-corrected chi connectivity index (χ4v) is 4.48. The molecular weight excluding hydrogens is 422 g/mol. The lowest BCUT2D eigenvalue weighted by molar-refractivity contribution is 0.103. The number of hydrogen-bond acceptors (Lipinski definition) is 4. The van der Waals surface area contributed by atoms with Crippen molar-refractivity contribution >= 4 is 17.4 Å². The van der Waals surface area contributed by atoms with Crippen LogP contribution in [0.25, 0.3) is 0 Å². The van der Waals surface area contributed by atoms with Crippen molar-refractivity contribution in [3.05, 3.63) is 71.3 Å². The Bertz CT molecular complexity index is 849. The molecule has 4 nitrogen and oxygen atoms in total. The van der Waals surface area contributed by atoms with Crippen LogP contribution in [0, 0.1) is 5.92 Å². The van der Waals surface area contributed by atoms with Gasteiger partial charge in [0.2, 0.25) is 0 Å². The van der Waals surface area contributed by atoms with E-state index < -0.39 is 0 Å². The summed E-state index contributed by atoms with van der Waals surface area (Å²) in [4.78, 5) is 15.4. The van der Waals surface area contributed by atoms with Crippen LogP contribution in [0.2, 0.25) is 5.02 Å². The molecule has 176 valence electrons. The topological polar surface area (TPSA) is 38.8 Å². The molecule has 0 N–H and O–H groups in total. The number of benzene rings is 1. The van der Waals surface area contributed by atoms with Crippen molar-refractivity contribution in [1.82, 2.24) is 4.90 Å². The van der Waals surface area contributed by atoms with Crippen molar-refractivity contribution in [2.75, 3.05) is 33.9 Å². The van der Waals surface area contributed by atoms with E-state index in [1.165, 1.54) is 7.11 Å². The number of Topliss-reactive ketones (excluding diaryl/α,β-unsaturated/α-hetero) is 1. The number of piperidine rings is 1. The predicted molar refractivity (Wildman–Crippen MR) is 136 cm³/mol. The minimum atomic E-state index is 0.0184. The van der Waals surface area contributed by atoms with Gasteiger partial charge < -0.3 is 9.47 Å². The molecule has 1 fully saturated rings. The van der Waals surface area contributed by atoms with E-state index in [9.17, 15) is 4.79 Å². The number of likely N-dealkylation sites (tertiary alicyclic amines) is 1. The number of ketones is 1. The van der Waals surface area contributed by atoms with E-state index >= 15 is 0 Å². The molecular formula is C27H38ClNO3. The van der Waals surface area contributed by atoms with Gasteiger partial charge in [0.15, 0.2) is 17.3 Å². The van der Waals surface area contributed by atoms with E-state index in [0.717, 1.165) is 49.2 Å². The summed E-state index contributed by atoms with van der Waals surface area (Å²) >= 11 is 6.46. The van der Waals surface area contributed by atoms with Gasteiger partial charge in [0, 0.05) is 24.1 Å². The largest absolute Gasteiger partial charge is 0.493 e. The first-order valence-corrected chi connectivity index (χ1v) is 11.6. The Morgan fingerprint density at radius 1 is 1.22 bits per heavy atom. The standard InChI is InChI=1S/C23H28ClNO3.C2H6.C2H4/c1-5-6-15(2)14-25-9-7-16(8-10-25)11-18-12-17-13-19(27-3)23(28-4)21(24)20(17)22(18)26;2*1-2/h5-6,11,13,16H,2,7-10,12,14H2,1,3-4H3;1-2H3;1-2H2/b6-5-,18-11+;;. The summed E-state index contributed by atoms with van der Waals surface area (Å²) in [5.41, 5.74) is 3.45. The van der Waals surface area contributed by atoms with Gasteiger partial charge in [0.05, 0.1) is 19.2 Å². The first kappa shape index (κ1) is 27.7. The van der Waals surface area contributed by atoms with Gasteiger partial charge in [-0.1, -0.05) is 50.3 Å². The molecule has 1 aromatic rings. The smallest absolute Gasteiger partial charge is 0.190 e. The normalized spacial score (nSPS) is 17.3. The molecule has 0 atom stereocenters. The first-order chi connectivity index (χ1) is 15.5. The van der Waals surface area contributed by atoms with Gasteiger partial charge in [-0.15, -0.1) is 13.2 Å². The highest BCUT2D eigenvalue weighted by molar-refractivity contribution is 6.37. The van der Waals surface area contributed by atoms with E-state index in [4.69, 9.17) is 21.1 Å². The van der Waals surface area contributed by atoms with Crippen molar-refractivity contribution < 1.29 is 14.3 Å². The Kier molecular flexibility index (Phi) is 12.1. The molecule has 1 aromatic carbocycles. The minimum absolute atomic E-state index is 0.0184. The average Bonchev–Trinajstić information content (AvgIpc) is 3.13. The predicted octanol–water partition coefficient (Wildman–Crippen LogP) is 6.70. The average molecular weight is 460 g/mol. The number of methoxy groups -OCH3 is 2. The van der Waals surface area contributed by atoms with E-state index in [1.54, 1.807) is 7.11 Å². The molecule has 1 saturated heterocycles. The van der Waals surface area contributed by atoms with Gasteiger partial charge in [-0.05, 0) is 56.0 Å². The van der Waals surface area contributed by atoms with Crippen LogP contribution >= 0.6 is 11.6 Å². The van der Waals surface area contributed by atoms with Crippen molar-refractivity contribution in [1.29, 1.82) is 0 Å². The van der Waals surface area contributed by atoms with Crippen molar-refractivity contribution in [2.24, 2.45) is 5.92 Å². The van der Waals surface area contributed by atoms with Crippen molar-refractivity contribution in [3.63, 3.8) is 0 Å². The minimum Gasteiger partial charge on any atom is -0.493 e. The lowest BCUT2D eigenvalue weighted by Gasteiger charge is -2.31. The van der Waals surface area contributed by atoms with Crippen LogP contribution < -0.4 is 9.47 Å². The molecule has 3 rings (SSSR count). The number of hydrogen-bond donors (Lipinski definition) is 0. The Morgan fingerprint density at radius 2 is 1.84 bits per heavy atom. The molecule has 1 aliphatic carbocycles. The summed E-state index contributed by atoms with van der Waals surface area (Å²) in [6.45, 7) is 19.1. The van der Waals surface area contributed by atoms with Crippen LogP contribution in [0.15, 0.2) is 55.2 Å². The van der Waals surface area contributed by atoms with E-state index in [-0.39, 0.29) is 5.78 Å². The third kappa shape index (κ3) is 6.60. The van der Waals surface area contributed by atoms with E-state index in [1.807, 2.05) is 32.9 Å². The first-order valence-electron chi connectivity index (χ1n) is 11.2. The zero-order chi connectivity index (χ0) is 24.3. The summed E-state index contributed by atoms with van der Waals surface area (Å²) in [5.74, 6) is 1.43. The van der Waals surface area contributed by atoms with Crippen molar-refractivity contribution in [2.45, 2.75) is 40.0 Å². The number of rotatable bonds is 6. The second-order valence-electron chi connectivity index (χ2n) is 7.43. The summed E-state index contributed by atoms with van der Waals surface area (Å²) in [6, 6.07) is 1.87.